The van der Waals surface area contributed by atoms with Crippen LogP contribution in [0.1, 0.15) is 5.56 Å². The third-order valence-electron chi connectivity index (χ3n) is 3.09. The Morgan fingerprint density at radius 2 is 1.46 bits per heavy atom. The summed E-state index contributed by atoms with van der Waals surface area (Å²) in [7, 11) is -0.411. The lowest BCUT2D eigenvalue weighted by Crippen LogP contribution is -2.40. The van der Waals surface area contributed by atoms with Gasteiger partial charge in [-0.25, -0.2) is 17.2 Å². The zero-order valence-electron chi connectivity index (χ0n) is 13.5. The quantitative estimate of drug-likeness (QED) is 0.480. The standard InChI is InChI=1S/C15H15F3N.CH4O3S/c1-19(2,10-11-6-4-3-5-7-11)13-9-8-12(16)14(17)15(13)18;1-5(2,3)4/h3-9H,10H2,1-2H3;1H3,(H,2,3,4)/q+1;/p-1. The van der Waals surface area contributed by atoms with Crippen molar-refractivity contribution in [3.63, 3.8) is 0 Å². The molecule has 0 amide bonds. The average molecular weight is 361 g/mol. The van der Waals surface area contributed by atoms with Gasteiger partial charge >= 0.3 is 0 Å². The fourth-order valence-electron chi connectivity index (χ4n) is 2.11. The van der Waals surface area contributed by atoms with E-state index in [1.807, 2.05) is 30.3 Å². The second-order valence-corrected chi connectivity index (χ2v) is 7.14. The SMILES string of the molecule is CS(=O)(=O)[O-].C[N+](C)(Cc1ccccc1)c1ccc(F)c(F)c1F. The van der Waals surface area contributed by atoms with Crippen LogP contribution in [0.15, 0.2) is 42.5 Å². The predicted octanol–water partition coefficient (Wildman–Crippen LogP) is 3.03. The molecule has 4 nitrogen and oxygen atoms in total. The van der Waals surface area contributed by atoms with E-state index in [1.54, 1.807) is 14.1 Å². The zero-order chi connectivity index (χ0) is 18.5. The van der Waals surface area contributed by atoms with Crippen molar-refractivity contribution in [3.8, 4) is 0 Å². The lowest BCUT2D eigenvalue weighted by atomic mass is 10.1. The van der Waals surface area contributed by atoms with Crippen molar-refractivity contribution >= 4 is 15.8 Å². The molecule has 0 spiro atoms. The number of quaternary nitrogens is 1. The van der Waals surface area contributed by atoms with E-state index in [0.717, 1.165) is 11.6 Å². The number of nitrogens with zero attached hydrogens (tertiary/aromatic N) is 1. The summed E-state index contributed by atoms with van der Waals surface area (Å²) in [5.41, 5.74) is 1.12. The summed E-state index contributed by atoms with van der Waals surface area (Å²) in [5, 5.41) is 0. The molecule has 0 N–H and O–H groups in total. The largest absolute Gasteiger partial charge is 0.748 e. The van der Waals surface area contributed by atoms with E-state index in [0.29, 0.717) is 12.8 Å². The van der Waals surface area contributed by atoms with E-state index in [9.17, 15) is 13.2 Å². The van der Waals surface area contributed by atoms with Crippen LogP contribution in [-0.2, 0) is 16.7 Å². The number of benzene rings is 2. The Labute approximate surface area is 139 Å². The highest BCUT2D eigenvalue weighted by Crippen LogP contribution is 2.28. The third kappa shape index (κ3) is 6.31. The molecule has 0 saturated heterocycles. The van der Waals surface area contributed by atoms with Gasteiger partial charge in [0.25, 0.3) is 0 Å². The zero-order valence-corrected chi connectivity index (χ0v) is 14.3. The number of rotatable bonds is 3. The van der Waals surface area contributed by atoms with Gasteiger partial charge in [-0.2, -0.15) is 4.39 Å². The summed E-state index contributed by atoms with van der Waals surface area (Å²) in [4.78, 5) is 0. The van der Waals surface area contributed by atoms with Crippen molar-refractivity contribution < 1.29 is 26.1 Å². The fraction of sp³-hybridized carbons (Fsp3) is 0.250. The Kier molecular flexibility index (Phi) is 6.53. The van der Waals surface area contributed by atoms with Gasteiger partial charge in [0.05, 0.1) is 24.2 Å². The summed E-state index contributed by atoms with van der Waals surface area (Å²) in [6.45, 7) is 0.489. The molecule has 0 aromatic heterocycles. The third-order valence-corrected chi connectivity index (χ3v) is 3.09. The van der Waals surface area contributed by atoms with Crippen molar-refractivity contribution in [3.05, 3.63) is 65.5 Å². The van der Waals surface area contributed by atoms with Gasteiger partial charge in [-0.15, -0.1) is 0 Å². The molecule has 0 saturated carbocycles. The average Bonchev–Trinajstić information content (AvgIpc) is 2.43. The number of hydrogen-bond acceptors (Lipinski definition) is 3. The van der Waals surface area contributed by atoms with Crippen LogP contribution in [0.3, 0.4) is 0 Å². The van der Waals surface area contributed by atoms with Crippen LogP contribution >= 0.6 is 0 Å². The van der Waals surface area contributed by atoms with E-state index in [4.69, 9.17) is 13.0 Å². The lowest BCUT2D eigenvalue weighted by molar-refractivity contribution is 0.359. The van der Waals surface area contributed by atoms with E-state index < -0.39 is 27.6 Å². The van der Waals surface area contributed by atoms with Crippen molar-refractivity contribution in [2.75, 3.05) is 20.4 Å². The lowest BCUT2D eigenvalue weighted by Gasteiger charge is -2.29. The maximum atomic E-state index is 13.8. The summed E-state index contributed by atoms with van der Waals surface area (Å²) in [6, 6.07) is 11.7. The minimum atomic E-state index is -3.92. The first-order valence-electron chi connectivity index (χ1n) is 6.83. The molecule has 0 fully saturated rings. The molecule has 0 bridgehead atoms. The summed E-state index contributed by atoms with van der Waals surface area (Å²) < 4.78 is 67.4. The highest BCUT2D eigenvalue weighted by molar-refractivity contribution is 7.84. The van der Waals surface area contributed by atoms with Crippen LogP contribution in [0.2, 0.25) is 0 Å². The van der Waals surface area contributed by atoms with Crippen LogP contribution in [-0.4, -0.2) is 33.3 Å². The van der Waals surface area contributed by atoms with Crippen LogP contribution in [0, 0.1) is 17.5 Å². The Morgan fingerprint density at radius 1 is 0.958 bits per heavy atom. The second kappa shape index (κ2) is 7.78. The van der Waals surface area contributed by atoms with Crippen LogP contribution in [0.25, 0.3) is 0 Å². The van der Waals surface area contributed by atoms with Gasteiger partial charge in [0.2, 0.25) is 11.6 Å². The molecule has 0 aliphatic heterocycles. The Bertz CT molecular complexity index is 786. The molecule has 2 aromatic carbocycles. The van der Waals surface area contributed by atoms with E-state index in [1.165, 1.54) is 6.07 Å². The molecule has 24 heavy (non-hydrogen) atoms. The molecule has 2 aromatic rings. The highest BCUT2D eigenvalue weighted by Gasteiger charge is 2.27. The van der Waals surface area contributed by atoms with Crippen molar-refractivity contribution in [2.24, 2.45) is 0 Å². The molecule has 0 unspecified atom stereocenters. The fourth-order valence-corrected chi connectivity index (χ4v) is 2.11. The molecule has 0 aliphatic rings. The Balaban J connectivity index is 0.000000505. The van der Waals surface area contributed by atoms with Crippen LogP contribution < -0.4 is 4.48 Å². The molecule has 8 heteroatoms. The predicted molar refractivity (Wildman–Crippen MR) is 85.7 cm³/mol. The molecule has 0 aliphatic carbocycles. The van der Waals surface area contributed by atoms with E-state index in [2.05, 4.69) is 0 Å². The molecule has 2 rings (SSSR count). The Morgan fingerprint density at radius 3 is 1.96 bits per heavy atom. The summed E-state index contributed by atoms with van der Waals surface area (Å²) in [6.07, 6.45) is 0.604. The van der Waals surface area contributed by atoms with E-state index in [-0.39, 0.29) is 10.2 Å². The maximum Gasteiger partial charge on any atom is 0.222 e. The first-order chi connectivity index (χ1) is 10.9. The first kappa shape index (κ1) is 20.1. The number of halogens is 3. The van der Waals surface area contributed by atoms with Gasteiger partial charge in [-0.1, -0.05) is 30.3 Å². The second-order valence-electron chi connectivity index (χ2n) is 5.73. The van der Waals surface area contributed by atoms with Gasteiger partial charge in [0.1, 0.15) is 6.54 Å². The van der Waals surface area contributed by atoms with Gasteiger partial charge in [0, 0.05) is 17.9 Å². The molecule has 0 radical (unpaired) electrons. The van der Waals surface area contributed by atoms with Gasteiger partial charge in [0.15, 0.2) is 11.5 Å². The molecular weight excluding hydrogens is 343 g/mol. The highest BCUT2D eigenvalue weighted by atomic mass is 32.2. The van der Waals surface area contributed by atoms with Gasteiger partial charge in [-0.3, -0.25) is 4.48 Å². The Hall–Kier alpha value is -1.90. The molecule has 132 valence electrons. The topological polar surface area (TPSA) is 57.2 Å². The molecule has 0 atom stereocenters. The normalized spacial score (nSPS) is 11.6. The first-order valence-corrected chi connectivity index (χ1v) is 8.65. The van der Waals surface area contributed by atoms with Crippen molar-refractivity contribution in [2.45, 2.75) is 6.54 Å². The summed E-state index contributed by atoms with van der Waals surface area (Å²) >= 11 is 0. The molecular formula is C16H18F3NO3S. The number of hydrogen-bond donors (Lipinski definition) is 0. The maximum absolute atomic E-state index is 13.8. The van der Waals surface area contributed by atoms with Crippen molar-refractivity contribution in [1.82, 2.24) is 4.48 Å². The van der Waals surface area contributed by atoms with E-state index >= 15 is 0 Å². The van der Waals surface area contributed by atoms with Gasteiger partial charge in [-0.05, 0) is 6.07 Å². The minimum absolute atomic E-state index is 0.104. The van der Waals surface area contributed by atoms with Crippen LogP contribution in [0.4, 0.5) is 18.9 Å². The monoisotopic (exact) mass is 361 g/mol. The smallest absolute Gasteiger partial charge is 0.222 e. The minimum Gasteiger partial charge on any atom is -0.748 e. The summed E-state index contributed by atoms with van der Waals surface area (Å²) in [5.74, 6) is -3.71. The molecule has 0 heterocycles. The van der Waals surface area contributed by atoms with Gasteiger partial charge < -0.3 is 4.55 Å². The van der Waals surface area contributed by atoms with Crippen LogP contribution in [0.5, 0.6) is 0 Å². The van der Waals surface area contributed by atoms with Crippen molar-refractivity contribution in [1.29, 1.82) is 0 Å².